The third-order valence-electron chi connectivity index (χ3n) is 2.80. The van der Waals surface area contributed by atoms with Crippen LogP contribution < -0.4 is 11.1 Å². The fourth-order valence-corrected chi connectivity index (χ4v) is 1.84. The highest BCUT2D eigenvalue weighted by Gasteiger charge is 2.27. The van der Waals surface area contributed by atoms with E-state index in [-0.39, 0.29) is 17.9 Å². The van der Waals surface area contributed by atoms with Gasteiger partial charge in [-0.25, -0.2) is 0 Å². The van der Waals surface area contributed by atoms with Crippen molar-refractivity contribution >= 4 is 5.91 Å². The molecule has 4 N–H and O–H groups in total. The van der Waals surface area contributed by atoms with Crippen LogP contribution in [0, 0.1) is 5.92 Å². The van der Waals surface area contributed by atoms with Crippen molar-refractivity contribution < 1.29 is 9.90 Å². The molecule has 4 nitrogen and oxygen atoms in total. The summed E-state index contributed by atoms with van der Waals surface area (Å²) in [5.74, 6) is 0.143. The Morgan fingerprint density at radius 2 is 2.00 bits per heavy atom. The van der Waals surface area contributed by atoms with E-state index < -0.39 is 6.04 Å². The van der Waals surface area contributed by atoms with Crippen molar-refractivity contribution in [3.05, 3.63) is 0 Å². The summed E-state index contributed by atoms with van der Waals surface area (Å²) in [5, 5.41) is 11.8. The predicted molar refractivity (Wildman–Crippen MR) is 50.0 cm³/mol. The summed E-state index contributed by atoms with van der Waals surface area (Å²) in [7, 11) is 1.60. The second-order valence-corrected chi connectivity index (χ2v) is 3.71. The minimum Gasteiger partial charge on any atom is -0.393 e. The molecule has 1 aliphatic rings. The Morgan fingerprint density at radius 1 is 1.46 bits per heavy atom. The standard InChI is InChI=1S/C9H18N2O2/c1-11-9(13)8(10)6-2-4-7(12)5-3-6/h6-8,12H,2-5,10H2,1H3,(H,11,13). The summed E-state index contributed by atoms with van der Waals surface area (Å²) in [6, 6.07) is -0.405. The highest BCUT2D eigenvalue weighted by atomic mass is 16.3. The number of rotatable bonds is 2. The average molecular weight is 186 g/mol. The second kappa shape index (κ2) is 4.58. The van der Waals surface area contributed by atoms with Crippen LogP contribution in [0.1, 0.15) is 25.7 Å². The van der Waals surface area contributed by atoms with Gasteiger partial charge >= 0.3 is 0 Å². The van der Waals surface area contributed by atoms with E-state index in [9.17, 15) is 9.90 Å². The van der Waals surface area contributed by atoms with Crippen molar-refractivity contribution in [2.75, 3.05) is 7.05 Å². The molecule has 1 saturated carbocycles. The maximum atomic E-state index is 11.2. The van der Waals surface area contributed by atoms with Gasteiger partial charge in [-0.3, -0.25) is 4.79 Å². The zero-order valence-corrected chi connectivity index (χ0v) is 7.99. The van der Waals surface area contributed by atoms with Gasteiger partial charge in [0, 0.05) is 7.05 Å². The van der Waals surface area contributed by atoms with E-state index in [2.05, 4.69) is 5.32 Å². The summed E-state index contributed by atoms with van der Waals surface area (Å²) in [4.78, 5) is 11.2. The Morgan fingerprint density at radius 3 is 2.46 bits per heavy atom. The van der Waals surface area contributed by atoms with E-state index in [1.54, 1.807) is 7.05 Å². The van der Waals surface area contributed by atoms with E-state index in [1.807, 2.05) is 0 Å². The lowest BCUT2D eigenvalue weighted by molar-refractivity contribution is -0.123. The molecule has 0 aromatic carbocycles. The molecule has 76 valence electrons. The second-order valence-electron chi connectivity index (χ2n) is 3.71. The van der Waals surface area contributed by atoms with Gasteiger partial charge in [0.1, 0.15) is 0 Å². The largest absolute Gasteiger partial charge is 0.393 e. The third kappa shape index (κ3) is 2.67. The SMILES string of the molecule is CNC(=O)C(N)C1CCC(O)CC1. The number of nitrogens with two attached hydrogens (primary N) is 1. The number of aliphatic hydroxyl groups excluding tert-OH is 1. The molecule has 1 rings (SSSR count). The molecule has 0 radical (unpaired) electrons. The summed E-state index contributed by atoms with van der Waals surface area (Å²) in [5.41, 5.74) is 5.75. The number of amides is 1. The molecule has 0 aromatic rings. The van der Waals surface area contributed by atoms with Gasteiger partial charge in [-0.15, -0.1) is 0 Å². The fraction of sp³-hybridized carbons (Fsp3) is 0.889. The van der Waals surface area contributed by atoms with Crippen LogP contribution >= 0.6 is 0 Å². The molecule has 0 aliphatic heterocycles. The van der Waals surface area contributed by atoms with Gasteiger partial charge in [0.05, 0.1) is 12.1 Å². The van der Waals surface area contributed by atoms with Gasteiger partial charge in [-0.2, -0.15) is 0 Å². The number of carbonyl (C=O) groups is 1. The van der Waals surface area contributed by atoms with Gasteiger partial charge in [0.2, 0.25) is 5.91 Å². The van der Waals surface area contributed by atoms with Crippen LogP contribution in [0.3, 0.4) is 0 Å². The highest BCUT2D eigenvalue weighted by Crippen LogP contribution is 2.26. The van der Waals surface area contributed by atoms with Gasteiger partial charge in [0.15, 0.2) is 0 Å². The molecule has 0 bridgehead atoms. The number of likely N-dealkylation sites (N-methyl/N-ethyl adjacent to an activating group) is 1. The van der Waals surface area contributed by atoms with Gasteiger partial charge in [-0.05, 0) is 31.6 Å². The minimum absolute atomic E-state index is 0.0959. The number of hydrogen-bond donors (Lipinski definition) is 3. The van der Waals surface area contributed by atoms with Crippen LogP contribution in [0.2, 0.25) is 0 Å². The van der Waals surface area contributed by atoms with Gasteiger partial charge < -0.3 is 16.2 Å². The van der Waals surface area contributed by atoms with Gasteiger partial charge in [0.25, 0.3) is 0 Å². The Bertz CT molecular complexity index is 176. The molecule has 1 atom stereocenters. The Kier molecular flexibility index (Phi) is 3.69. The molecule has 0 aromatic heterocycles. The van der Waals surface area contributed by atoms with Crippen molar-refractivity contribution in [3.63, 3.8) is 0 Å². The zero-order chi connectivity index (χ0) is 9.84. The van der Waals surface area contributed by atoms with E-state index in [1.165, 1.54) is 0 Å². The Labute approximate surface area is 78.5 Å². The quantitative estimate of drug-likeness (QED) is 0.550. The third-order valence-corrected chi connectivity index (χ3v) is 2.80. The lowest BCUT2D eigenvalue weighted by Gasteiger charge is -2.28. The first-order valence-corrected chi connectivity index (χ1v) is 4.80. The normalized spacial score (nSPS) is 31.0. The van der Waals surface area contributed by atoms with Crippen LogP contribution in [0.5, 0.6) is 0 Å². The fourth-order valence-electron chi connectivity index (χ4n) is 1.84. The first-order valence-electron chi connectivity index (χ1n) is 4.80. The number of nitrogens with one attached hydrogen (secondary N) is 1. The van der Waals surface area contributed by atoms with Crippen LogP contribution in [-0.2, 0) is 4.79 Å². The van der Waals surface area contributed by atoms with E-state index in [0.717, 1.165) is 25.7 Å². The maximum absolute atomic E-state index is 11.2. The number of hydrogen-bond acceptors (Lipinski definition) is 3. The molecule has 0 heterocycles. The lowest BCUT2D eigenvalue weighted by Crippen LogP contribution is -2.45. The summed E-state index contributed by atoms with van der Waals surface area (Å²) in [6.45, 7) is 0. The number of carbonyl (C=O) groups excluding carboxylic acids is 1. The van der Waals surface area contributed by atoms with Crippen molar-refractivity contribution in [3.8, 4) is 0 Å². The van der Waals surface area contributed by atoms with Crippen molar-refractivity contribution in [2.24, 2.45) is 11.7 Å². The Balaban J connectivity index is 2.39. The smallest absolute Gasteiger partial charge is 0.236 e. The van der Waals surface area contributed by atoms with Crippen molar-refractivity contribution in [2.45, 2.75) is 37.8 Å². The maximum Gasteiger partial charge on any atom is 0.236 e. The van der Waals surface area contributed by atoms with E-state index in [0.29, 0.717) is 0 Å². The molecule has 1 fully saturated rings. The molecule has 0 saturated heterocycles. The summed E-state index contributed by atoms with van der Waals surface area (Å²) in [6.07, 6.45) is 3.07. The molecular formula is C9H18N2O2. The minimum atomic E-state index is -0.405. The van der Waals surface area contributed by atoms with Gasteiger partial charge in [-0.1, -0.05) is 0 Å². The molecular weight excluding hydrogens is 168 g/mol. The first kappa shape index (κ1) is 10.5. The molecule has 0 spiro atoms. The first-order chi connectivity index (χ1) is 6.15. The van der Waals surface area contributed by atoms with E-state index >= 15 is 0 Å². The number of aliphatic hydroxyl groups is 1. The van der Waals surface area contributed by atoms with E-state index in [4.69, 9.17) is 5.73 Å². The molecule has 1 amide bonds. The molecule has 13 heavy (non-hydrogen) atoms. The van der Waals surface area contributed by atoms with Crippen LogP contribution in [0.25, 0.3) is 0 Å². The summed E-state index contributed by atoms with van der Waals surface area (Å²) >= 11 is 0. The zero-order valence-electron chi connectivity index (χ0n) is 7.99. The average Bonchev–Trinajstić information content (AvgIpc) is 2.17. The summed E-state index contributed by atoms with van der Waals surface area (Å²) < 4.78 is 0. The monoisotopic (exact) mass is 186 g/mol. The molecule has 1 unspecified atom stereocenters. The van der Waals surface area contributed by atoms with Crippen molar-refractivity contribution in [1.29, 1.82) is 0 Å². The predicted octanol–water partition coefficient (Wildman–Crippen LogP) is -0.389. The lowest BCUT2D eigenvalue weighted by atomic mass is 9.82. The topological polar surface area (TPSA) is 75.4 Å². The van der Waals surface area contributed by atoms with Crippen LogP contribution in [0.4, 0.5) is 0 Å². The molecule has 4 heteroatoms. The van der Waals surface area contributed by atoms with Crippen LogP contribution in [-0.4, -0.2) is 30.2 Å². The van der Waals surface area contributed by atoms with Crippen LogP contribution in [0.15, 0.2) is 0 Å². The van der Waals surface area contributed by atoms with Crippen molar-refractivity contribution in [1.82, 2.24) is 5.32 Å². The highest BCUT2D eigenvalue weighted by molar-refractivity contribution is 5.81. The molecule has 1 aliphatic carbocycles. The Hall–Kier alpha value is -0.610.